The van der Waals surface area contributed by atoms with Crippen LogP contribution in [0.1, 0.15) is 0 Å². The van der Waals surface area contributed by atoms with Gasteiger partial charge in [-0.1, -0.05) is 188 Å². The molecule has 0 unspecified atom stereocenters. The summed E-state index contributed by atoms with van der Waals surface area (Å²) in [4.78, 5) is 5.01. The number of fused-ring (bicyclic) bond motifs is 26. The van der Waals surface area contributed by atoms with Gasteiger partial charge in [0.05, 0.1) is 11.4 Å². The summed E-state index contributed by atoms with van der Waals surface area (Å²) in [6.07, 6.45) is 0. The molecular weight excluding hydrogens is 1070 g/mol. The average Bonchev–Trinajstić information content (AvgIpc) is 1.34. The molecule has 0 saturated heterocycles. The van der Waals surface area contributed by atoms with E-state index in [4.69, 9.17) is 8.83 Å². The molecule has 402 valence electrons. The van der Waals surface area contributed by atoms with Crippen molar-refractivity contribution in [3.05, 3.63) is 267 Å². The van der Waals surface area contributed by atoms with Crippen LogP contribution in [0.2, 0.25) is 0 Å². The molecule has 0 aliphatic carbocycles. The van der Waals surface area contributed by atoms with Crippen molar-refractivity contribution < 1.29 is 8.83 Å². The van der Waals surface area contributed by atoms with E-state index in [9.17, 15) is 0 Å². The SMILES string of the molecule is c1ccc(N2c3cc4oc5ccccc5c4c4c3B(c3c2ccc2cc(-c5ccc6c(c5)oc5c7c8c(cc56)-c5cccc6c9ccccc9n(c56)B8c5ccc6ccccc6c5N7c5ccccc5)ccc32)n2c3ccccc3c3cccc-4c32)cc1. The standard InChI is InChI=1S/C80H44B2N4O2/c1-3-18-49(19-4-1)83-66-40-36-48-41-46(33-37-51(48)73(66)82-75-67(83)44-70-71(59-25-11-14-32-68(59)87-70)72(75)60-29-16-27-57-54-24-10-13-31-65(54)86(82)77(57)60)47-34-38-55-62-43-61-58-28-15-26-56-53-23-9-12-30-64(53)85(76(56)58)81-63-39-35-45-17-7-8-22-52(45)78(63)84(50-20-5-2-6-21-50)79(74(61)81)80(62)88-69(55)42-47/h1-44H. The van der Waals surface area contributed by atoms with E-state index < -0.39 is 0 Å². The topological polar surface area (TPSA) is 42.6 Å². The highest BCUT2D eigenvalue weighted by Crippen LogP contribution is 2.53. The highest BCUT2D eigenvalue weighted by atomic mass is 16.3. The van der Waals surface area contributed by atoms with E-state index in [1.54, 1.807) is 0 Å². The highest BCUT2D eigenvalue weighted by molar-refractivity contribution is 6.92. The molecule has 88 heavy (non-hydrogen) atoms. The van der Waals surface area contributed by atoms with Crippen molar-refractivity contribution in [1.82, 2.24) is 8.96 Å². The number of hydrogen-bond acceptors (Lipinski definition) is 4. The van der Waals surface area contributed by atoms with Crippen LogP contribution < -0.4 is 31.7 Å². The zero-order chi connectivity index (χ0) is 56.8. The molecule has 18 aromatic rings. The van der Waals surface area contributed by atoms with Crippen molar-refractivity contribution in [2.45, 2.75) is 0 Å². The summed E-state index contributed by atoms with van der Waals surface area (Å²) in [6.45, 7) is -0.270. The Bertz CT molecular complexity index is 6230. The molecule has 0 bridgehead atoms. The van der Waals surface area contributed by atoms with Gasteiger partial charge in [0, 0.05) is 110 Å². The van der Waals surface area contributed by atoms with Crippen molar-refractivity contribution in [3.8, 4) is 33.4 Å². The third-order valence-corrected chi connectivity index (χ3v) is 20.4. The predicted molar refractivity (Wildman–Crippen MR) is 369 cm³/mol. The molecule has 8 heterocycles. The van der Waals surface area contributed by atoms with Crippen molar-refractivity contribution in [1.29, 1.82) is 0 Å². The molecule has 0 amide bonds. The van der Waals surface area contributed by atoms with Gasteiger partial charge < -0.3 is 27.6 Å². The molecule has 0 radical (unpaired) electrons. The lowest BCUT2D eigenvalue weighted by molar-refractivity contribution is 0.669. The summed E-state index contributed by atoms with van der Waals surface area (Å²) in [5.74, 6) is 0. The largest absolute Gasteiger partial charge is 0.456 e. The second kappa shape index (κ2) is 16.3. The summed E-state index contributed by atoms with van der Waals surface area (Å²) >= 11 is 0. The molecule has 0 atom stereocenters. The minimum Gasteiger partial charge on any atom is -0.456 e. The Morgan fingerprint density at radius 2 is 0.932 bits per heavy atom. The minimum atomic E-state index is -0.155. The van der Waals surface area contributed by atoms with E-state index in [1.165, 1.54) is 120 Å². The number of rotatable bonds is 3. The fourth-order valence-electron chi connectivity index (χ4n) is 17.0. The lowest BCUT2D eigenvalue weighted by Gasteiger charge is -2.41. The molecule has 4 aromatic heterocycles. The zero-order valence-electron chi connectivity index (χ0n) is 47.2. The van der Waals surface area contributed by atoms with Crippen LogP contribution in [0.4, 0.5) is 34.1 Å². The molecule has 14 aromatic carbocycles. The quantitative estimate of drug-likeness (QED) is 0.165. The molecule has 4 aliphatic heterocycles. The van der Waals surface area contributed by atoms with Crippen LogP contribution in [0.3, 0.4) is 0 Å². The second-order valence-electron chi connectivity index (χ2n) is 24.5. The zero-order valence-corrected chi connectivity index (χ0v) is 47.2. The lowest BCUT2D eigenvalue weighted by Crippen LogP contribution is -2.57. The Hall–Kier alpha value is -11.5. The summed E-state index contributed by atoms with van der Waals surface area (Å²) in [5, 5.41) is 14.4. The maximum absolute atomic E-state index is 7.56. The van der Waals surface area contributed by atoms with E-state index in [0.29, 0.717) is 0 Å². The number of aromatic nitrogens is 2. The van der Waals surface area contributed by atoms with Gasteiger partial charge in [0.1, 0.15) is 16.7 Å². The van der Waals surface area contributed by atoms with Crippen LogP contribution >= 0.6 is 0 Å². The van der Waals surface area contributed by atoms with E-state index in [-0.39, 0.29) is 13.7 Å². The fraction of sp³-hybridized carbons (Fsp3) is 0. The van der Waals surface area contributed by atoms with Crippen LogP contribution in [0.15, 0.2) is 276 Å². The Kier molecular flexibility index (Phi) is 8.49. The third-order valence-electron chi connectivity index (χ3n) is 20.4. The molecule has 0 saturated carbocycles. The van der Waals surface area contributed by atoms with E-state index in [0.717, 1.165) is 78.1 Å². The monoisotopic (exact) mass is 1110 g/mol. The first-order valence-electron chi connectivity index (χ1n) is 30.5. The van der Waals surface area contributed by atoms with Crippen molar-refractivity contribution in [2.24, 2.45) is 0 Å². The van der Waals surface area contributed by atoms with Gasteiger partial charge in [0.15, 0.2) is 5.58 Å². The Labute approximate surface area is 503 Å². The van der Waals surface area contributed by atoms with Crippen molar-refractivity contribution in [2.75, 3.05) is 9.80 Å². The summed E-state index contributed by atoms with van der Waals surface area (Å²) in [6, 6.07) is 99.2. The van der Waals surface area contributed by atoms with Gasteiger partial charge in [0.2, 0.25) is 0 Å². The first kappa shape index (κ1) is 45.9. The lowest BCUT2D eigenvalue weighted by atomic mass is 9.44. The maximum atomic E-state index is 7.56. The van der Waals surface area contributed by atoms with E-state index in [2.05, 4.69) is 286 Å². The second-order valence-corrected chi connectivity index (χ2v) is 24.5. The first-order valence-corrected chi connectivity index (χ1v) is 30.5. The smallest absolute Gasteiger partial charge is 0.333 e. The number of furan rings is 2. The molecule has 0 fully saturated rings. The normalized spacial score (nSPS) is 13.6. The van der Waals surface area contributed by atoms with Gasteiger partial charge in [-0.3, -0.25) is 0 Å². The Balaban J connectivity index is 0.787. The molecule has 8 heteroatoms. The number of anilines is 6. The number of para-hydroxylation sites is 7. The van der Waals surface area contributed by atoms with Gasteiger partial charge in [0.25, 0.3) is 0 Å². The summed E-state index contributed by atoms with van der Waals surface area (Å²) in [7, 11) is 0. The molecule has 22 rings (SSSR count). The van der Waals surface area contributed by atoms with Crippen LogP contribution in [0, 0.1) is 0 Å². The molecule has 4 aliphatic rings. The first-order chi connectivity index (χ1) is 43.7. The number of benzene rings is 14. The summed E-state index contributed by atoms with van der Waals surface area (Å²) in [5.41, 5.74) is 27.6. The Morgan fingerprint density at radius 3 is 1.72 bits per heavy atom. The third kappa shape index (κ3) is 5.59. The molecule has 0 spiro atoms. The summed E-state index contributed by atoms with van der Waals surface area (Å²) < 4.78 is 19.7. The molecule has 6 nitrogen and oxygen atoms in total. The van der Waals surface area contributed by atoms with Gasteiger partial charge >= 0.3 is 13.7 Å². The van der Waals surface area contributed by atoms with Gasteiger partial charge in [-0.15, -0.1) is 0 Å². The van der Waals surface area contributed by atoms with Crippen LogP contribution in [-0.4, -0.2) is 22.7 Å². The van der Waals surface area contributed by atoms with E-state index in [1.807, 2.05) is 0 Å². The Morgan fingerprint density at radius 1 is 0.307 bits per heavy atom. The highest BCUT2D eigenvalue weighted by Gasteiger charge is 2.47. The van der Waals surface area contributed by atoms with E-state index >= 15 is 0 Å². The van der Waals surface area contributed by atoms with Crippen LogP contribution in [0.25, 0.3) is 142 Å². The van der Waals surface area contributed by atoms with Gasteiger partial charge in [-0.25, -0.2) is 0 Å². The van der Waals surface area contributed by atoms with Gasteiger partial charge in [-0.05, 0) is 133 Å². The maximum Gasteiger partial charge on any atom is 0.333 e. The van der Waals surface area contributed by atoms with Gasteiger partial charge in [-0.2, -0.15) is 0 Å². The van der Waals surface area contributed by atoms with Crippen molar-refractivity contribution >= 4 is 179 Å². The molecular formula is C80H44B2N4O2. The number of hydrogen-bond donors (Lipinski definition) is 0. The van der Waals surface area contributed by atoms with Crippen LogP contribution in [0.5, 0.6) is 0 Å². The number of nitrogens with zero attached hydrogens (tertiary/aromatic N) is 4. The molecule has 0 N–H and O–H groups in total. The fourth-order valence-corrected chi connectivity index (χ4v) is 17.0. The average molecular weight is 1110 g/mol. The minimum absolute atomic E-state index is 0.115. The van der Waals surface area contributed by atoms with Crippen LogP contribution in [-0.2, 0) is 0 Å². The van der Waals surface area contributed by atoms with Crippen molar-refractivity contribution in [3.63, 3.8) is 0 Å². The predicted octanol–water partition coefficient (Wildman–Crippen LogP) is 18.5.